The Morgan fingerprint density at radius 1 is 1.59 bits per heavy atom. The first-order chi connectivity index (χ1) is 8.25. The number of hydrogen-bond acceptors (Lipinski definition) is 4. The van der Waals surface area contributed by atoms with Gasteiger partial charge >= 0.3 is 0 Å². The van der Waals surface area contributed by atoms with E-state index in [0.29, 0.717) is 5.69 Å². The first-order valence-corrected chi connectivity index (χ1v) is 6.00. The van der Waals surface area contributed by atoms with Crippen molar-refractivity contribution >= 4 is 11.7 Å². The number of nitrogens with two attached hydrogens (primary N) is 1. The highest BCUT2D eigenvalue weighted by Crippen LogP contribution is 2.32. The minimum Gasteiger partial charge on any atom is -0.376 e. The van der Waals surface area contributed by atoms with Crippen LogP contribution in [-0.2, 0) is 4.74 Å². The summed E-state index contributed by atoms with van der Waals surface area (Å²) in [6.45, 7) is 1.71. The van der Waals surface area contributed by atoms with Crippen LogP contribution < -0.4 is 11.1 Å². The van der Waals surface area contributed by atoms with Crippen LogP contribution in [-0.4, -0.2) is 34.9 Å². The Morgan fingerprint density at radius 2 is 2.47 bits per heavy atom. The maximum atomic E-state index is 11.1. The first kappa shape index (κ1) is 10.6. The SMILES string of the molecule is NC(=O)c1cc2n(n1)C(C1CCCO1)CCN2. The molecule has 2 aliphatic heterocycles. The summed E-state index contributed by atoms with van der Waals surface area (Å²) in [6.07, 6.45) is 3.36. The zero-order valence-corrected chi connectivity index (χ0v) is 9.56. The highest BCUT2D eigenvalue weighted by molar-refractivity contribution is 5.91. The van der Waals surface area contributed by atoms with Crippen LogP contribution in [0, 0.1) is 0 Å². The number of nitrogens with one attached hydrogen (secondary N) is 1. The smallest absolute Gasteiger partial charge is 0.269 e. The maximum absolute atomic E-state index is 11.1. The van der Waals surface area contributed by atoms with Gasteiger partial charge in [-0.15, -0.1) is 0 Å². The minimum absolute atomic E-state index is 0.219. The number of anilines is 1. The van der Waals surface area contributed by atoms with Crippen LogP contribution in [0.2, 0.25) is 0 Å². The highest BCUT2D eigenvalue weighted by Gasteiger charge is 2.32. The van der Waals surface area contributed by atoms with Crippen molar-refractivity contribution in [1.82, 2.24) is 9.78 Å². The van der Waals surface area contributed by atoms with Crippen LogP contribution in [0.15, 0.2) is 6.07 Å². The summed E-state index contributed by atoms with van der Waals surface area (Å²) >= 11 is 0. The molecule has 3 heterocycles. The molecule has 0 saturated carbocycles. The van der Waals surface area contributed by atoms with E-state index in [2.05, 4.69) is 10.4 Å². The van der Waals surface area contributed by atoms with Crippen molar-refractivity contribution < 1.29 is 9.53 Å². The third-order valence-electron chi connectivity index (χ3n) is 3.44. The zero-order valence-electron chi connectivity index (χ0n) is 9.56. The number of ether oxygens (including phenoxy) is 1. The number of carbonyl (C=O) groups is 1. The third kappa shape index (κ3) is 1.78. The lowest BCUT2D eigenvalue weighted by molar-refractivity contribution is 0.0589. The molecule has 1 fully saturated rings. The molecule has 17 heavy (non-hydrogen) atoms. The summed E-state index contributed by atoms with van der Waals surface area (Å²) < 4.78 is 7.57. The standard InChI is InChI=1S/C11H16N4O2/c12-11(16)7-6-10-13-4-3-8(15(10)14-7)9-2-1-5-17-9/h6,8-9,13H,1-5H2,(H2,12,16). The third-order valence-corrected chi connectivity index (χ3v) is 3.44. The van der Waals surface area contributed by atoms with E-state index in [4.69, 9.17) is 10.5 Å². The van der Waals surface area contributed by atoms with Crippen molar-refractivity contribution in [2.45, 2.75) is 31.4 Å². The zero-order chi connectivity index (χ0) is 11.8. The lowest BCUT2D eigenvalue weighted by Crippen LogP contribution is -2.32. The minimum atomic E-state index is -0.486. The quantitative estimate of drug-likeness (QED) is 0.784. The Balaban J connectivity index is 1.92. The van der Waals surface area contributed by atoms with Gasteiger partial charge in [-0.25, -0.2) is 4.68 Å². The van der Waals surface area contributed by atoms with Gasteiger partial charge in [-0.1, -0.05) is 0 Å². The van der Waals surface area contributed by atoms with Crippen LogP contribution in [0.25, 0.3) is 0 Å². The van der Waals surface area contributed by atoms with Gasteiger partial charge in [-0.2, -0.15) is 5.10 Å². The monoisotopic (exact) mass is 236 g/mol. The second kappa shape index (κ2) is 4.03. The van der Waals surface area contributed by atoms with E-state index in [-0.39, 0.29) is 12.1 Å². The lowest BCUT2D eigenvalue weighted by atomic mass is 10.0. The van der Waals surface area contributed by atoms with Gasteiger partial charge in [0.1, 0.15) is 5.82 Å². The second-order valence-corrected chi connectivity index (χ2v) is 4.56. The lowest BCUT2D eigenvalue weighted by Gasteiger charge is -2.29. The van der Waals surface area contributed by atoms with E-state index in [0.717, 1.165) is 38.2 Å². The second-order valence-electron chi connectivity index (χ2n) is 4.56. The van der Waals surface area contributed by atoms with E-state index in [1.165, 1.54) is 0 Å². The van der Waals surface area contributed by atoms with E-state index < -0.39 is 5.91 Å². The maximum Gasteiger partial charge on any atom is 0.269 e. The molecule has 0 bridgehead atoms. The molecule has 1 amide bonds. The Morgan fingerprint density at radius 3 is 3.18 bits per heavy atom. The molecule has 0 radical (unpaired) electrons. The summed E-state index contributed by atoms with van der Waals surface area (Å²) in [7, 11) is 0. The molecule has 6 heteroatoms. The van der Waals surface area contributed by atoms with Gasteiger partial charge < -0.3 is 15.8 Å². The molecule has 2 atom stereocenters. The van der Waals surface area contributed by atoms with Crippen molar-refractivity contribution in [3.8, 4) is 0 Å². The molecular formula is C11H16N4O2. The Labute approximate surface area is 99.1 Å². The molecule has 2 unspecified atom stereocenters. The number of primary amides is 1. The summed E-state index contributed by atoms with van der Waals surface area (Å²) in [5, 5.41) is 7.50. The molecule has 0 spiro atoms. The topological polar surface area (TPSA) is 82.2 Å². The molecule has 2 aliphatic rings. The van der Waals surface area contributed by atoms with Crippen LogP contribution in [0.1, 0.15) is 35.8 Å². The average molecular weight is 236 g/mol. The number of carbonyl (C=O) groups excluding carboxylic acids is 1. The number of fused-ring (bicyclic) bond motifs is 1. The summed E-state index contributed by atoms with van der Waals surface area (Å²) in [5.41, 5.74) is 5.57. The van der Waals surface area contributed by atoms with Crippen molar-refractivity contribution in [3.63, 3.8) is 0 Å². The summed E-state index contributed by atoms with van der Waals surface area (Å²) in [6, 6.07) is 1.94. The molecule has 3 rings (SSSR count). The van der Waals surface area contributed by atoms with Crippen molar-refractivity contribution in [2.75, 3.05) is 18.5 Å². The Hall–Kier alpha value is -1.56. The highest BCUT2D eigenvalue weighted by atomic mass is 16.5. The number of aromatic nitrogens is 2. The molecular weight excluding hydrogens is 220 g/mol. The average Bonchev–Trinajstić information content (AvgIpc) is 2.97. The molecule has 3 N–H and O–H groups in total. The van der Waals surface area contributed by atoms with E-state index in [9.17, 15) is 4.79 Å². The molecule has 6 nitrogen and oxygen atoms in total. The van der Waals surface area contributed by atoms with Gasteiger partial charge in [0.25, 0.3) is 5.91 Å². The number of hydrogen-bond donors (Lipinski definition) is 2. The van der Waals surface area contributed by atoms with Gasteiger partial charge in [0.15, 0.2) is 5.69 Å². The van der Waals surface area contributed by atoms with Crippen LogP contribution in [0.4, 0.5) is 5.82 Å². The fraction of sp³-hybridized carbons (Fsp3) is 0.636. The molecule has 92 valence electrons. The van der Waals surface area contributed by atoms with Gasteiger partial charge in [-0.05, 0) is 19.3 Å². The van der Waals surface area contributed by atoms with E-state index in [1.807, 2.05) is 4.68 Å². The van der Waals surface area contributed by atoms with Crippen LogP contribution in [0.5, 0.6) is 0 Å². The predicted molar refractivity (Wildman–Crippen MR) is 61.9 cm³/mol. The van der Waals surface area contributed by atoms with Crippen molar-refractivity contribution in [2.24, 2.45) is 5.73 Å². The fourth-order valence-electron chi connectivity index (χ4n) is 2.62. The molecule has 1 aromatic heterocycles. The van der Waals surface area contributed by atoms with Crippen molar-refractivity contribution in [1.29, 1.82) is 0 Å². The first-order valence-electron chi connectivity index (χ1n) is 6.00. The van der Waals surface area contributed by atoms with Crippen LogP contribution >= 0.6 is 0 Å². The predicted octanol–water partition coefficient (Wildman–Crippen LogP) is 0.518. The van der Waals surface area contributed by atoms with Gasteiger partial charge in [0.05, 0.1) is 12.1 Å². The number of rotatable bonds is 2. The fourth-order valence-corrected chi connectivity index (χ4v) is 2.62. The van der Waals surface area contributed by atoms with Crippen molar-refractivity contribution in [3.05, 3.63) is 11.8 Å². The van der Waals surface area contributed by atoms with Gasteiger partial charge in [0, 0.05) is 19.2 Å². The molecule has 1 saturated heterocycles. The normalized spacial score (nSPS) is 27.5. The number of amides is 1. The molecule has 1 aromatic rings. The van der Waals surface area contributed by atoms with Gasteiger partial charge in [-0.3, -0.25) is 4.79 Å². The molecule has 0 aromatic carbocycles. The summed E-state index contributed by atoms with van der Waals surface area (Å²) in [4.78, 5) is 11.1. The summed E-state index contributed by atoms with van der Waals surface area (Å²) in [5.74, 6) is 0.380. The number of nitrogens with zero attached hydrogens (tertiary/aromatic N) is 2. The van der Waals surface area contributed by atoms with E-state index in [1.54, 1.807) is 6.07 Å². The Kier molecular flexibility index (Phi) is 2.51. The Bertz CT molecular complexity index is 437. The molecule has 0 aliphatic carbocycles. The van der Waals surface area contributed by atoms with Crippen LogP contribution in [0.3, 0.4) is 0 Å². The largest absolute Gasteiger partial charge is 0.376 e. The van der Waals surface area contributed by atoms with E-state index >= 15 is 0 Å². The van der Waals surface area contributed by atoms with Gasteiger partial charge in [0.2, 0.25) is 0 Å².